The first-order valence-electron chi connectivity index (χ1n) is 7.23. The van der Waals surface area contributed by atoms with Crippen molar-refractivity contribution < 1.29 is 4.39 Å². The first-order chi connectivity index (χ1) is 10.3. The zero-order valence-electron chi connectivity index (χ0n) is 11.9. The van der Waals surface area contributed by atoms with Gasteiger partial charge in [0.1, 0.15) is 5.82 Å². The van der Waals surface area contributed by atoms with Gasteiger partial charge < -0.3 is 4.90 Å². The van der Waals surface area contributed by atoms with Crippen molar-refractivity contribution in [2.45, 2.75) is 6.42 Å². The van der Waals surface area contributed by atoms with Crippen LogP contribution in [0.25, 0.3) is 5.57 Å². The Morgan fingerprint density at radius 1 is 0.952 bits per heavy atom. The van der Waals surface area contributed by atoms with Gasteiger partial charge in [-0.1, -0.05) is 54.6 Å². The zero-order valence-corrected chi connectivity index (χ0v) is 11.9. The molecular formula is C19H18FN. The number of benzene rings is 2. The Hall–Kier alpha value is -2.35. The zero-order chi connectivity index (χ0) is 14.5. The van der Waals surface area contributed by atoms with E-state index in [0.717, 1.165) is 30.6 Å². The van der Waals surface area contributed by atoms with Crippen LogP contribution in [0, 0.1) is 5.82 Å². The molecule has 1 nitrogen and oxygen atoms in total. The van der Waals surface area contributed by atoms with Crippen molar-refractivity contribution in [2.75, 3.05) is 13.1 Å². The van der Waals surface area contributed by atoms with Crippen LogP contribution in [0.2, 0.25) is 0 Å². The molecule has 0 aromatic heterocycles. The predicted octanol–water partition coefficient (Wildman–Crippen LogP) is 4.28. The largest absolute Gasteiger partial charge is 0.373 e. The second-order valence-electron chi connectivity index (χ2n) is 5.22. The molecule has 0 radical (unpaired) electrons. The van der Waals surface area contributed by atoms with Crippen LogP contribution < -0.4 is 0 Å². The maximum atomic E-state index is 13.0. The van der Waals surface area contributed by atoms with E-state index in [4.69, 9.17) is 0 Å². The van der Waals surface area contributed by atoms with E-state index in [1.807, 2.05) is 18.2 Å². The highest BCUT2D eigenvalue weighted by Gasteiger charge is 2.07. The molecule has 1 heterocycles. The summed E-state index contributed by atoms with van der Waals surface area (Å²) in [7, 11) is 0. The minimum Gasteiger partial charge on any atom is -0.373 e. The molecule has 0 aliphatic carbocycles. The summed E-state index contributed by atoms with van der Waals surface area (Å²) in [6, 6.07) is 17.2. The van der Waals surface area contributed by atoms with Crippen molar-refractivity contribution in [3.8, 4) is 0 Å². The Kier molecular flexibility index (Phi) is 4.15. The smallest absolute Gasteiger partial charge is 0.123 e. The molecule has 0 N–H and O–H groups in total. The molecule has 21 heavy (non-hydrogen) atoms. The molecule has 1 aliphatic heterocycles. The van der Waals surface area contributed by atoms with Gasteiger partial charge in [-0.15, -0.1) is 0 Å². The molecule has 106 valence electrons. The summed E-state index contributed by atoms with van der Waals surface area (Å²) >= 11 is 0. The van der Waals surface area contributed by atoms with Gasteiger partial charge in [-0.3, -0.25) is 0 Å². The highest BCUT2D eigenvalue weighted by atomic mass is 19.1. The van der Waals surface area contributed by atoms with Crippen molar-refractivity contribution in [1.29, 1.82) is 0 Å². The number of halogens is 1. The molecule has 1 aliphatic rings. The van der Waals surface area contributed by atoms with Crippen LogP contribution in [0.3, 0.4) is 0 Å². The van der Waals surface area contributed by atoms with Gasteiger partial charge in [0.05, 0.1) is 0 Å². The number of hydrogen-bond donors (Lipinski definition) is 0. The average Bonchev–Trinajstić information content (AvgIpc) is 2.55. The molecule has 2 aromatic rings. The predicted molar refractivity (Wildman–Crippen MR) is 85.2 cm³/mol. The molecule has 0 fully saturated rings. The van der Waals surface area contributed by atoms with Crippen molar-refractivity contribution in [3.05, 3.63) is 89.9 Å². The lowest BCUT2D eigenvalue weighted by Gasteiger charge is -2.23. The van der Waals surface area contributed by atoms with Gasteiger partial charge in [-0.2, -0.15) is 0 Å². The fourth-order valence-corrected chi connectivity index (χ4v) is 2.49. The van der Waals surface area contributed by atoms with Crippen LogP contribution >= 0.6 is 0 Å². The Bertz CT molecular complexity index is 641. The third-order valence-corrected chi connectivity index (χ3v) is 3.67. The van der Waals surface area contributed by atoms with Crippen LogP contribution in [0.1, 0.15) is 11.1 Å². The molecule has 0 bridgehead atoms. The minimum atomic E-state index is -0.194. The van der Waals surface area contributed by atoms with Crippen LogP contribution in [0.15, 0.2) is 72.9 Å². The SMILES string of the molecule is Fc1ccc(C2=CN(CCc3ccccc3)CC=C2)cc1. The highest BCUT2D eigenvalue weighted by molar-refractivity contribution is 5.74. The van der Waals surface area contributed by atoms with Crippen molar-refractivity contribution >= 4 is 5.57 Å². The van der Waals surface area contributed by atoms with Gasteiger partial charge in [-0.25, -0.2) is 4.39 Å². The van der Waals surface area contributed by atoms with Crippen LogP contribution in [0.4, 0.5) is 4.39 Å². The summed E-state index contributed by atoms with van der Waals surface area (Å²) in [4.78, 5) is 2.30. The lowest BCUT2D eigenvalue weighted by Crippen LogP contribution is -2.22. The Morgan fingerprint density at radius 2 is 1.71 bits per heavy atom. The summed E-state index contributed by atoms with van der Waals surface area (Å²) in [5.74, 6) is -0.194. The van der Waals surface area contributed by atoms with Crippen molar-refractivity contribution in [3.63, 3.8) is 0 Å². The summed E-state index contributed by atoms with van der Waals surface area (Å²) in [5, 5.41) is 0. The first kappa shape index (κ1) is 13.6. The summed E-state index contributed by atoms with van der Waals surface area (Å²) in [6.45, 7) is 1.91. The minimum absolute atomic E-state index is 0.194. The van der Waals surface area contributed by atoms with E-state index in [9.17, 15) is 4.39 Å². The topological polar surface area (TPSA) is 3.24 Å². The van der Waals surface area contributed by atoms with E-state index < -0.39 is 0 Å². The number of allylic oxidation sites excluding steroid dienone is 2. The van der Waals surface area contributed by atoms with E-state index >= 15 is 0 Å². The Balaban J connectivity index is 1.67. The van der Waals surface area contributed by atoms with Gasteiger partial charge >= 0.3 is 0 Å². The fourth-order valence-electron chi connectivity index (χ4n) is 2.49. The van der Waals surface area contributed by atoms with E-state index in [2.05, 4.69) is 47.5 Å². The number of hydrogen-bond acceptors (Lipinski definition) is 1. The number of rotatable bonds is 4. The maximum absolute atomic E-state index is 13.0. The summed E-state index contributed by atoms with van der Waals surface area (Å²) < 4.78 is 13.0. The molecule has 3 rings (SSSR count). The summed E-state index contributed by atoms with van der Waals surface area (Å²) in [6.07, 6.45) is 7.45. The molecule has 2 heteroatoms. The third-order valence-electron chi connectivity index (χ3n) is 3.67. The van der Waals surface area contributed by atoms with Gasteiger partial charge in [0.2, 0.25) is 0 Å². The summed E-state index contributed by atoms with van der Waals surface area (Å²) in [5.41, 5.74) is 3.54. The fraction of sp³-hybridized carbons (Fsp3) is 0.158. The molecule has 0 spiro atoms. The van der Waals surface area contributed by atoms with Crippen LogP contribution in [-0.2, 0) is 6.42 Å². The number of nitrogens with zero attached hydrogens (tertiary/aromatic N) is 1. The Morgan fingerprint density at radius 3 is 2.48 bits per heavy atom. The second kappa shape index (κ2) is 6.40. The quantitative estimate of drug-likeness (QED) is 0.807. The van der Waals surface area contributed by atoms with Crippen molar-refractivity contribution in [2.24, 2.45) is 0 Å². The van der Waals surface area contributed by atoms with Crippen LogP contribution in [-0.4, -0.2) is 18.0 Å². The lowest BCUT2D eigenvalue weighted by molar-refractivity contribution is 0.418. The standard InChI is InChI=1S/C19H18FN/c20-19-10-8-17(9-11-19)18-7-4-13-21(15-18)14-12-16-5-2-1-3-6-16/h1-11,15H,12-14H2. The van der Waals surface area contributed by atoms with Gasteiger partial charge in [0.15, 0.2) is 0 Å². The first-order valence-corrected chi connectivity index (χ1v) is 7.23. The molecule has 0 unspecified atom stereocenters. The van der Waals surface area contributed by atoms with Gasteiger partial charge in [-0.05, 0) is 35.3 Å². The highest BCUT2D eigenvalue weighted by Crippen LogP contribution is 2.20. The molecule has 0 saturated carbocycles. The Labute approximate surface area is 125 Å². The molecular weight excluding hydrogens is 261 g/mol. The van der Waals surface area contributed by atoms with E-state index in [1.54, 1.807) is 0 Å². The van der Waals surface area contributed by atoms with Gasteiger partial charge in [0, 0.05) is 19.3 Å². The average molecular weight is 279 g/mol. The maximum Gasteiger partial charge on any atom is 0.123 e. The van der Waals surface area contributed by atoms with E-state index in [0.29, 0.717) is 0 Å². The monoisotopic (exact) mass is 279 g/mol. The molecule has 0 atom stereocenters. The molecule has 0 saturated heterocycles. The molecule has 0 amide bonds. The molecule has 2 aromatic carbocycles. The normalized spacial score (nSPS) is 14.1. The second-order valence-corrected chi connectivity index (χ2v) is 5.22. The van der Waals surface area contributed by atoms with Crippen molar-refractivity contribution in [1.82, 2.24) is 4.90 Å². The van der Waals surface area contributed by atoms with Crippen LogP contribution in [0.5, 0.6) is 0 Å². The third kappa shape index (κ3) is 3.60. The van der Waals surface area contributed by atoms with Gasteiger partial charge in [0.25, 0.3) is 0 Å². The van der Waals surface area contributed by atoms with E-state index in [1.165, 1.54) is 17.7 Å². The van der Waals surface area contributed by atoms with E-state index in [-0.39, 0.29) is 5.82 Å². The lowest BCUT2D eigenvalue weighted by atomic mass is 10.0.